The Kier molecular flexibility index (Phi) is 5.53. The molecule has 1 N–H and O–H groups in total. The van der Waals surface area contributed by atoms with E-state index in [2.05, 4.69) is 0 Å². The van der Waals surface area contributed by atoms with Gasteiger partial charge < -0.3 is 5.11 Å². The van der Waals surface area contributed by atoms with Gasteiger partial charge in [-0.1, -0.05) is 27.7 Å². The molecule has 0 aliphatic heterocycles. The average Bonchev–Trinajstić information content (AvgIpc) is 2.57. The highest BCUT2D eigenvalue weighted by Crippen LogP contribution is 2.53. The summed E-state index contributed by atoms with van der Waals surface area (Å²) < 4.78 is 78.1. The SMILES string of the molecule is CCC(CC1C(C)CC(C)C1C)C(O)(C(F)(F)F)C(F)(F)F. The van der Waals surface area contributed by atoms with Gasteiger partial charge in [0.05, 0.1) is 0 Å². The molecule has 0 radical (unpaired) electrons. The molecular formula is C15H24F6O. The van der Waals surface area contributed by atoms with Crippen molar-refractivity contribution < 1.29 is 31.4 Å². The number of alkyl halides is 6. The first-order chi connectivity index (χ1) is 9.77. The van der Waals surface area contributed by atoms with Crippen molar-refractivity contribution in [3.05, 3.63) is 0 Å². The van der Waals surface area contributed by atoms with Crippen molar-refractivity contribution in [3.63, 3.8) is 0 Å². The lowest BCUT2D eigenvalue weighted by Crippen LogP contribution is -2.62. The normalized spacial score (nSPS) is 32.3. The molecule has 132 valence electrons. The number of hydrogen-bond acceptors (Lipinski definition) is 1. The summed E-state index contributed by atoms with van der Waals surface area (Å²) in [7, 11) is 0. The van der Waals surface area contributed by atoms with Crippen molar-refractivity contribution >= 4 is 0 Å². The van der Waals surface area contributed by atoms with Gasteiger partial charge in [-0.25, -0.2) is 0 Å². The zero-order valence-electron chi connectivity index (χ0n) is 13.2. The first kappa shape index (κ1) is 19.6. The minimum Gasteiger partial charge on any atom is -0.373 e. The molecule has 1 aliphatic carbocycles. The van der Waals surface area contributed by atoms with Crippen LogP contribution in [0.15, 0.2) is 0 Å². The molecule has 1 aliphatic rings. The smallest absolute Gasteiger partial charge is 0.373 e. The van der Waals surface area contributed by atoms with Crippen LogP contribution in [0.4, 0.5) is 26.3 Å². The van der Waals surface area contributed by atoms with Crippen molar-refractivity contribution in [1.82, 2.24) is 0 Å². The zero-order chi connectivity index (χ0) is 17.5. The predicted octanol–water partition coefficient (Wildman–Crippen LogP) is 5.19. The summed E-state index contributed by atoms with van der Waals surface area (Å²) >= 11 is 0. The summed E-state index contributed by atoms with van der Waals surface area (Å²) in [6.07, 6.45) is -11.3. The Bertz CT molecular complexity index is 361. The largest absolute Gasteiger partial charge is 0.426 e. The van der Waals surface area contributed by atoms with E-state index < -0.39 is 23.9 Å². The van der Waals surface area contributed by atoms with Crippen LogP contribution in [0.1, 0.15) is 47.0 Å². The molecular weight excluding hydrogens is 310 g/mol. The third-order valence-electron chi connectivity index (χ3n) is 5.55. The minimum atomic E-state index is -5.73. The minimum absolute atomic E-state index is 0.0507. The molecule has 1 saturated carbocycles. The van der Waals surface area contributed by atoms with E-state index in [-0.39, 0.29) is 36.5 Å². The van der Waals surface area contributed by atoms with Crippen LogP contribution in [0.2, 0.25) is 0 Å². The standard InChI is InChI=1S/C15H24F6O/c1-5-11(7-12-9(3)6-8(2)10(12)4)13(22,14(16,17)18)15(19,20)21/h8-12,22H,5-7H2,1-4H3. The lowest BCUT2D eigenvalue weighted by Gasteiger charge is -2.40. The predicted molar refractivity (Wildman–Crippen MR) is 71.1 cm³/mol. The Balaban J connectivity index is 3.12. The zero-order valence-corrected chi connectivity index (χ0v) is 13.2. The molecule has 0 amide bonds. The van der Waals surface area contributed by atoms with E-state index in [0.29, 0.717) is 0 Å². The second kappa shape index (κ2) is 6.21. The lowest BCUT2D eigenvalue weighted by atomic mass is 9.73. The van der Waals surface area contributed by atoms with Crippen molar-refractivity contribution in [2.75, 3.05) is 0 Å². The molecule has 0 heterocycles. The van der Waals surface area contributed by atoms with Gasteiger partial charge in [-0.15, -0.1) is 0 Å². The molecule has 1 nitrogen and oxygen atoms in total. The molecule has 0 saturated heterocycles. The van der Waals surface area contributed by atoms with Crippen LogP contribution in [0.5, 0.6) is 0 Å². The van der Waals surface area contributed by atoms with Crippen molar-refractivity contribution in [2.45, 2.75) is 64.9 Å². The molecule has 22 heavy (non-hydrogen) atoms. The van der Waals surface area contributed by atoms with Gasteiger partial charge in [0.15, 0.2) is 0 Å². The summed E-state index contributed by atoms with van der Waals surface area (Å²) in [4.78, 5) is 0. The van der Waals surface area contributed by atoms with Crippen LogP contribution < -0.4 is 0 Å². The van der Waals surface area contributed by atoms with Crippen LogP contribution in [-0.2, 0) is 0 Å². The fourth-order valence-electron chi connectivity index (χ4n) is 3.95. The monoisotopic (exact) mass is 334 g/mol. The Labute approximate surface area is 127 Å². The van der Waals surface area contributed by atoms with Gasteiger partial charge in [-0.3, -0.25) is 0 Å². The van der Waals surface area contributed by atoms with Gasteiger partial charge >= 0.3 is 12.4 Å². The summed E-state index contributed by atoms with van der Waals surface area (Å²) in [6, 6.07) is 0. The topological polar surface area (TPSA) is 20.2 Å². The summed E-state index contributed by atoms with van der Waals surface area (Å²) in [6.45, 7) is 6.95. The van der Waals surface area contributed by atoms with E-state index in [4.69, 9.17) is 0 Å². The highest BCUT2D eigenvalue weighted by atomic mass is 19.4. The fourth-order valence-corrected chi connectivity index (χ4v) is 3.95. The molecule has 7 heteroatoms. The first-order valence-electron chi connectivity index (χ1n) is 7.63. The van der Waals surface area contributed by atoms with E-state index in [1.165, 1.54) is 6.92 Å². The number of hydrogen-bond donors (Lipinski definition) is 1. The van der Waals surface area contributed by atoms with Crippen LogP contribution in [0.3, 0.4) is 0 Å². The fraction of sp³-hybridized carbons (Fsp3) is 1.00. The van der Waals surface area contributed by atoms with Crippen LogP contribution in [-0.4, -0.2) is 23.1 Å². The van der Waals surface area contributed by atoms with Gasteiger partial charge in [0.2, 0.25) is 0 Å². The Morgan fingerprint density at radius 1 is 0.955 bits per heavy atom. The summed E-state index contributed by atoms with van der Waals surface area (Å²) in [5.41, 5.74) is -4.64. The van der Waals surface area contributed by atoms with E-state index in [9.17, 15) is 31.4 Å². The Hall–Kier alpha value is -0.460. The maximum atomic E-state index is 13.0. The molecule has 5 atom stereocenters. The molecule has 5 unspecified atom stereocenters. The van der Waals surface area contributed by atoms with Crippen molar-refractivity contribution in [1.29, 1.82) is 0 Å². The molecule has 0 aromatic heterocycles. The van der Waals surface area contributed by atoms with E-state index in [0.717, 1.165) is 6.42 Å². The van der Waals surface area contributed by atoms with E-state index in [1.54, 1.807) is 0 Å². The summed E-state index contributed by atoms with van der Waals surface area (Å²) in [5, 5.41) is 9.59. The first-order valence-corrected chi connectivity index (χ1v) is 7.63. The Morgan fingerprint density at radius 3 is 1.68 bits per heavy atom. The van der Waals surface area contributed by atoms with E-state index in [1.807, 2.05) is 20.8 Å². The van der Waals surface area contributed by atoms with Gasteiger partial charge in [-0.05, 0) is 42.9 Å². The molecule has 1 fully saturated rings. The van der Waals surface area contributed by atoms with Gasteiger partial charge in [0.25, 0.3) is 5.60 Å². The van der Waals surface area contributed by atoms with Gasteiger partial charge in [0, 0.05) is 5.92 Å². The van der Waals surface area contributed by atoms with E-state index >= 15 is 0 Å². The molecule has 0 aromatic carbocycles. The second-order valence-electron chi connectivity index (χ2n) is 6.82. The van der Waals surface area contributed by atoms with Crippen LogP contribution >= 0.6 is 0 Å². The van der Waals surface area contributed by atoms with Crippen molar-refractivity contribution in [3.8, 4) is 0 Å². The van der Waals surface area contributed by atoms with Gasteiger partial charge in [0.1, 0.15) is 0 Å². The highest BCUT2D eigenvalue weighted by molar-refractivity contribution is 5.01. The second-order valence-corrected chi connectivity index (χ2v) is 6.82. The van der Waals surface area contributed by atoms with Crippen molar-refractivity contribution in [2.24, 2.45) is 29.6 Å². The van der Waals surface area contributed by atoms with Crippen LogP contribution in [0, 0.1) is 29.6 Å². The van der Waals surface area contributed by atoms with Crippen LogP contribution in [0.25, 0.3) is 0 Å². The Morgan fingerprint density at radius 2 is 1.41 bits per heavy atom. The molecule has 0 aromatic rings. The third-order valence-corrected chi connectivity index (χ3v) is 5.55. The molecule has 0 bridgehead atoms. The number of halogens is 6. The lowest BCUT2D eigenvalue weighted by molar-refractivity contribution is -0.386. The third kappa shape index (κ3) is 3.24. The molecule has 1 rings (SSSR count). The molecule has 0 spiro atoms. The maximum absolute atomic E-state index is 13.0. The average molecular weight is 334 g/mol. The number of aliphatic hydroxyl groups is 1. The number of rotatable bonds is 4. The maximum Gasteiger partial charge on any atom is 0.426 e. The quantitative estimate of drug-likeness (QED) is 0.702. The highest BCUT2D eigenvalue weighted by Gasteiger charge is 2.73. The summed E-state index contributed by atoms with van der Waals surface area (Å²) in [5.74, 6) is -1.74. The van der Waals surface area contributed by atoms with Gasteiger partial charge in [-0.2, -0.15) is 26.3 Å².